The Morgan fingerprint density at radius 2 is 2.11 bits per heavy atom. The van der Waals surface area contributed by atoms with Gasteiger partial charge in [0.2, 0.25) is 0 Å². The molecule has 1 nitrogen and oxygen atoms in total. The maximum absolute atomic E-state index is 11.1. The fourth-order valence-electron chi connectivity index (χ4n) is 1.31. The molecule has 3 atom stereocenters. The highest BCUT2D eigenvalue weighted by Gasteiger charge is 2.25. The van der Waals surface area contributed by atoms with Crippen molar-refractivity contribution < 1.29 is 4.55 Å². The number of rotatable bonds is 0. The first-order chi connectivity index (χ1) is 4.20. The second-order valence-electron chi connectivity index (χ2n) is 3.03. The van der Waals surface area contributed by atoms with Crippen molar-refractivity contribution in [1.82, 2.24) is 0 Å². The molecule has 0 aromatic carbocycles. The summed E-state index contributed by atoms with van der Waals surface area (Å²) in [5.74, 6) is 1.74. The minimum Gasteiger partial charge on any atom is -0.616 e. The lowest BCUT2D eigenvalue weighted by atomic mass is 10.0. The third-order valence-corrected chi connectivity index (χ3v) is 3.72. The molecule has 0 aromatic rings. The molecule has 0 amide bonds. The molecule has 1 aliphatic heterocycles. The van der Waals surface area contributed by atoms with E-state index in [1.807, 2.05) is 0 Å². The largest absolute Gasteiger partial charge is 0.616 e. The summed E-state index contributed by atoms with van der Waals surface area (Å²) < 4.78 is 11.1. The van der Waals surface area contributed by atoms with Gasteiger partial charge in [-0.05, 0) is 25.7 Å². The fourth-order valence-corrected chi connectivity index (χ4v) is 2.89. The smallest absolute Gasteiger partial charge is 0.113 e. The van der Waals surface area contributed by atoms with E-state index in [0.717, 1.165) is 24.5 Å². The molecule has 1 rings (SSSR count). The predicted molar refractivity (Wildman–Crippen MR) is 40.9 cm³/mol. The van der Waals surface area contributed by atoms with Gasteiger partial charge in [0.25, 0.3) is 0 Å². The molecule has 0 bridgehead atoms. The van der Waals surface area contributed by atoms with E-state index in [-0.39, 0.29) is 0 Å². The van der Waals surface area contributed by atoms with Crippen LogP contribution in [0.15, 0.2) is 0 Å². The lowest BCUT2D eigenvalue weighted by Gasteiger charge is -2.26. The average molecular weight is 146 g/mol. The van der Waals surface area contributed by atoms with E-state index in [1.54, 1.807) is 0 Å². The van der Waals surface area contributed by atoms with Crippen LogP contribution in [0.25, 0.3) is 0 Å². The van der Waals surface area contributed by atoms with Gasteiger partial charge in [-0.2, -0.15) is 0 Å². The molecule has 0 aliphatic carbocycles. The first-order valence-corrected chi connectivity index (χ1v) is 4.95. The zero-order chi connectivity index (χ0) is 6.85. The highest BCUT2D eigenvalue weighted by atomic mass is 32.2. The Morgan fingerprint density at radius 3 is 2.56 bits per heavy atom. The fraction of sp³-hybridized carbons (Fsp3) is 1.00. The highest BCUT2D eigenvalue weighted by molar-refractivity contribution is 7.92. The minimum absolute atomic E-state index is 0.453. The minimum atomic E-state index is -0.506. The standard InChI is InChI=1S/C7H14OS/c1-6-3-4-9(8)7(2)5-6/h6-7H,3-5H2,1-2H3/t6?,7-,9?/m1/s1. The Labute approximate surface area is 60.0 Å². The molecular formula is C7H14OS. The molecule has 9 heavy (non-hydrogen) atoms. The maximum atomic E-state index is 11.1. The Bertz CT molecular complexity index is 94.9. The van der Waals surface area contributed by atoms with Gasteiger partial charge in [-0.1, -0.05) is 18.1 Å². The normalized spacial score (nSPS) is 45.0. The quantitative estimate of drug-likeness (QED) is 0.475. The summed E-state index contributed by atoms with van der Waals surface area (Å²) in [6.45, 7) is 4.33. The van der Waals surface area contributed by atoms with Gasteiger partial charge in [-0.3, -0.25) is 0 Å². The van der Waals surface area contributed by atoms with E-state index in [4.69, 9.17) is 0 Å². The van der Waals surface area contributed by atoms with Crippen LogP contribution in [0.4, 0.5) is 0 Å². The van der Waals surface area contributed by atoms with E-state index >= 15 is 0 Å². The molecule has 2 unspecified atom stereocenters. The predicted octanol–water partition coefficient (Wildman–Crippen LogP) is 1.55. The van der Waals surface area contributed by atoms with Crippen LogP contribution in [0, 0.1) is 5.92 Å². The van der Waals surface area contributed by atoms with Crippen molar-refractivity contribution in [2.24, 2.45) is 5.92 Å². The van der Waals surface area contributed by atoms with Crippen LogP contribution in [-0.2, 0) is 11.2 Å². The van der Waals surface area contributed by atoms with E-state index in [0.29, 0.717) is 5.25 Å². The van der Waals surface area contributed by atoms with E-state index < -0.39 is 11.2 Å². The highest BCUT2D eigenvalue weighted by Crippen LogP contribution is 2.23. The van der Waals surface area contributed by atoms with E-state index in [1.165, 1.54) is 0 Å². The Hall–Kier alpha value is 0.310. The van der Waals surface area contributed by atoms with Crippen LogP contribution in [-0.4, -0.2) is 15.6 Å². The Balaban J connectivity index is 2.35. The summed E-state index contributed by atoms with van der Waals surface area (Å²) in [6, 6.07) is 0. The molecule has 1 aliphatic rings. The van der Waals surface area contributed by atoms with Crippen LogP contribution in [0.2, 0.25) is 0 Å². The van der Waals surface area contributed by atoms with Gasteiger partial charge in [0.15, 0.2) is 0 Å². The van der Waals surface area contributed by atoms with Gasteiger partial charge in [-0.25, -0.2) is 0 Å². The summed E-state index contributed by atoms with van der Waals surface area (Å²) in [7, 11) is 0. The Kier molecular flexibility index (Phi) is 2.42. The lowest BCUT2D eigenvalue weighted by molar-refractivity contribution is 0.464. The second kappa shape index (κ2) is 2.93. The molecule has 1 heterocycles. The van der Waals surface area contributed by atoms with Gasteiger partial charge in [0.1, 0.15) is 11.0 Å². The van der Waals surface area contributed by atoms with Crippen molar-refractivity contribution in [2.45, 2.75) is 31.9 Å². The maximum Gasteiger partial charge on any atom is 0.113 e. The van der Waals surface area contributed by atoms with Crippen molar-refractivity contribution in [3.8, 4) is 0 Å². The Morgan fingerprint density at radius 1 is 1.44 bits per heavy atom. The third kappa shape index (κ3) is 1.87. The molecule has 2 heteroatoms. The zero-order valence-corrected chi connectivity index (χ0v) is 6.91. The lowest BCUT2D eigenvalue weighted by Crippen LogP contribution is -2.29. The summed E-state index contributed by atoms with van der Waals surface area (Å²) in [4.78, 5) is 0. The number of hydrogen-bond acceptors (Lipinski definition) is 1. The third-order valence-electron chi connectivity index (χ3n) is 1.99. The SMILES string of the molecule is CC1CC[S+]([O-])[C@H](C)C1. The summed E-state index contributed by atoms with van der Waals surface area (Å²) in [5.41, 5.74) is 0. The molecule has 0 radical (unpaired) electrons. The van der Waals surface area contributed by atoms with Crippen LogP contribution in [0.1, 0.15) is 26.7 Å². The summed E-state index contributed by atoms with van der Waals surface area (Å²) >= 11 is -0.506. The van der Waals surface area contributed by atoms with Gasteiger partial charge in [0, 0.05) is 0 Å². The molecule has 0 N–H and O–H groups in total. The molecule has 0 saturated carbocycles. The first-order valence-electron chi connectivity index (χ1n) is 3.57. The van der Waals surface area contributed by atoms with Gasteiger partial charge in [-0.15, -0.1) is 0 Å². The van der Waals surface area contributed by atoms with E-state index in [9.17, 15) is 4.55 Å². The number of hydrogen-bond donors (Lipinski definition) is 0. The molecular weight excluding hydrogens is 132 g/mol. The van der Waals surface area contributed by atoms with Crippen LogP contribution in [0.5, 0.6) is 0 Å². The summed E-state index contributed by atoms with van der Waals surface area (Å²) in [5, 5.41) is 0.453. The van der Waals surface area contributed by atoms with Crippen molar-refractivity contribution in [3.05, 3.63) is 0 Å². The van der Waals surface area contributed by atoms with Gasteiger partial charge < -0.3 is 4.55 Å². The molecule has 1 saturated heterocycles. The van der Waals surface area contributed by atoms with Gasteiger partial charge in [0.05, 0.1) is 0 Å². The van der Waals surface area contributed by atoms with Crippen LogP contribution in [0.3, 0.4) is 0 Å². The van der Waals surface area contributed by atoms with E-state index in [2.05, 4.69) is 13.8 Å². The molecule has 1 fully saturated rings. The van der Waals surface area contributed by atoms with Crippen LogP contribution >= 0.6 is 0 Å². The van der Waals surface area contributed by atoms with Gasteiger partial charge >= 0.3 is 0 Å². The zero-order valence-electron chi connectivity index (χ0n) is 6.09. The second-order valence-corrected chi connectivity index (χ2v) is 5.00. The van der Waals surface area contributed by atoms with Crippen molar-refractivity contribution >= 4 is 11.2 Å². The average Bonchev–Trinajstić information content (AvgIpc) is 1.80. The molecule has 0 aromatic heterocycles. The summed E-state index contributed by atoms with van der Waals surface area (Å²) in [6.07, 6.45) is 2.32. The van der Waals surface area contributed by atoms with Crippen LogP contribution < -0.4 is 0 Å². The molecule has 0 spiro atoms. The topological polar surface area (TPSA) is 23.1 Å². The van der Waals surface area contributed by atoms with Crippen molar-refractivity contribution in [2.75, 3.05) is 5.75 Å². The first kappa shape index (κ1) is 7.42. The molecule has 54 valence electrons. The van der Waals surface area contributed by atoms with Crippen molar-refractivity contribution in [3.63, 3.8) is 0 Å². The van der Waals surface area contributed by atoms with Crippen molar-refractivity contribution in [1.29, 1.82) is 0 Å². The monoisotopic (exact) mass is 146 g/mol.